The van der Waals surface area contributed by atoms with Crippen molar-refractivity contribution >= 4 is 17.5 Å². The number of hydrogen-bond donors (Lipinski definition) is 2. The van der Waals surface area contributed by atoms with Gasteiger partial charge in [0.15, 0.2) is 0 Å². The second kappa shape index (κ2) is 9.96. The Kier molecular flexibility index (Phi) is 7.11. The zero-order chi connectivity index (χ0) is 20.6. The van der Waals surface area contributed by atoms with E-state index in [1.807, 2.05) is 73.6 Å². The second-order valence-electron chi connectivity index (χ2n) is 7.60. The second-order valence-corrected chi connectivity index (χ2v) is 7.60. The van der Waals surface area contributed by atoms with Crippen LogP contribution in [-0.4, -0.2) is 44.6 Å². The van der Waals surface area contributed by atoms with Crippen LogP contribution in [0.2, 0.25) is 0 Å². The third kappa shape index (κ3) is 6.24. The summed E-state index contributed by atoms with van der Waals surface area (Å²) < 4.78 is 5.57. The molecule has 0 saturated heterocycles. The van der Waals surface area contributed by atoms with Gasteiger partial charge in [0, 0.05) is 37.4 Å². The summed E-state index contributed by atoms with van der Waals surface area (Å²) in [5, 5.41) is 6.14. The fourth-order valence-corrected chi connectivity index (χ4v) is 3.50. The topological polar surface area (TPSA) is 70.7 Å². The van der Waals surface area contributed by atoms with Crippen LogP contribution in [0.5, 0.6) is 5.75 Å². The summed E-state index contributed by atoms with van der Waals surface area (Å²) in [6.07, 6.45) is 2.82. The standard InChI is InChI=1S/C23H29N3O3/c1-26(2)20-12-8-17(9-13-20)23(28)25-19-11-10-18(16-19)24-22(27)14-15-29-21-6-4-3-5-7-21/h3-9,12-13,18-19H,10-11,14-16H2,1-2H3,(H,24,27)(H,25,28)/t18-,19+/m1/s1. The lowest BCUT2D eigenvalue weighted by molar-refractivity contribution is -0.122. The molecule has 1 aliphatic rings. The van der Waals surface area contributed by atoms with Gasteiger partial charge >= 0.3 is 0 Å². The number of nitrogens with one attached hydrogen (secondary N) is 2. The first-order chi connectivity index (χ1) is 14.0. The highest BCUT2D eigenvalue weighted by Gasteiger charge is 2.27. The first-order valence-electron chi connectivity index (χ1n) is 10.1. The number of ether oxygens (including phenoxy) is 1. The third-order valence-electron chi connectivity index (χ3n) is 5.12. The average molecular weight is 396 g/mol. The molecule has 0 unspecified atom stereocenters. The molecule has 6 nitrogen and oxygen atoms in total. The van der Waals surface area contributed by atoms with E-state index in [0.29, 0.717) is 18.6 Å². The molecule has 1 aliphatic carbocycles. The number of rotatable bonds is 8. The summed E-state index contributed by atoms with van der Waals surface area (Å²) in [4.78, 5) is 26.6. The molecular formula is C23H29N3O3. The van der Waals surface area contributed by atoms with Crippen LogP contribution in [0.25, 0.3) is 0 Å². The molecule has 0 radical (unpaired) electrons. The Labute approximate surface area is 172 Å². The molecule has 2 atom stereocenters. The van der Waals surface area contributed by atoms with Gasteiger partial charge in [0.2, 0.25) is 5.91 Å². The molecule has 2 amide bonds. The van der Waals surface area contributed by atoms with E-state index in [2.05, 4.69) is 10.6 Å². The van der Waals surface area contributed by atoms with Crippen molar-refractivity contribution in [3.05, 3.63) is 60.2 Å². The van der Waals surface area contributed by atoms with Crippen LogP contribution in [0, 0.1) is 0 Å². The zero-order valence-corrected chi connectivity index (χ0v) is 17.1. The number of hydrogen-bond acceptors (Lipinski definition) is 4. The number of carbonyl (C=O) groups is 2. The van der Waals surface area contributed by atoms with Crippen molar-refractivity contribution < 1.29 is 14.3 Å². The molecule has 0 aliphatic heterocycles. The van der Waals surface area contributed by atoms with Gasteiger partial charge in [-0.3, -0.25) is 9.59 Å². The van der Waals surface area contributed by atoms with Crippen LogP contribution in [0.15, 0.2) is 54.6 Å². The molecule has 0 spiro atoms. The van der Waals surface area contributed by atoms with Crippen LogP contribution in [0.4, 0.5) is 5.69 Å². The molecule has 2 aromatic rings. The molecule has 29 heavy (non-hydrogen) atoms. The van der Waals surface area contributed by atoms with Crippen LogP contribution in [-0.2, 0) is 4.79 Å². The van der Waals surface area contributed by atoms with Gasteiger partial charge in [0.1, 0.15) is 5.75 Å². The minimum Gasteiger partial charge on any atom is -0.493 e. The molecule has 6 heteroatoms. The Bertz CT molecular complexity index is 806. The van der Waals surface area contributed by atoms with Crippen LogP contribution < -0.4 is 20.3 Å². The van der Waals surface area contributed by atoms with Crippen molar-refractivity contribution in [3.63, 3.8) is 0 Å². The number of nitrogens with zero attached hydrogens (tertiary/aromatic N) is 1. The third-order valence-corrected chi connectivity index (χ3v) is 5.12. The molecular weight excluding hydrogens is 366 g/mol. The molecule has 0 bridgehead atoms. The molecule has 0 aromatic heterocycles. The normalized spacial score (nSPS) is 18.1. The molecule has 3 rings (SSSR count). The maximum Gasteiger partial charge on any atom is 0.251 e. The predicted molar refractivity (Wildman–Crippen MR) is 114 cm³/mol. The zero-order valence-electron chi connectivity index (χ0n) is 17.1. The highest BCUT2D eigenvalue weighted by Crippen LogP contribution is 2.20. The Balaban J connectivity index is 1.38. The van der Waals surface area contributed by atoms with E-state index in [1.54, 1.807) is 0 Å². The van der Waals surface area contributed by atoms with Crippen LogP contribution in [0.3, 0.4) is 0 Å². The summed E-state index contributed by atoms with van der Waals surface area (Å²) >= 11 is 0. The molecule has 0 heterocycles. The maximum absolute atomic E-state index is 12.5. The number of benzene rings is 2. The first kappa shape index (κ1) is 20.7. The lowest BCUT2D eigenvalue weighted by Gasteiger charge is -2.16. The summed E-state index contributed by atoms with van der Waals surface area (Å²) in [7, 11) is 3.94. The first-order valence-corrected chi connectivity index (χ1v) is 10.1. The molecule has 1 fully saturated rings. The van der Waals surface area contributed by atoms with E-state index in [-0.39, 0.29) is 23.9 Å². The van der Waals surface area contributed by atoms with Crippen molar-refractivity contribution in [2.45, 2.75) is 37.8 Å². The number of anilines is 1. The van der Waals surface area contributed by atoms with E-state index in [1.165, 1.54) is 0 Å². The monoisotopic (exact) mass is 395 g/mol. The smallest absolute Gasteiger partial charge is 0.251 e. The van der Waals surface area contributed by atoms with Gasteiger partial charge in [-0.15, -0.1) is 0 Å². The fourth-order valence-electron chi connectivity index (χ4n) is 3.50. The summed E-state index contributed by atoms with van der Waals surface area (Å²) in [6, 6.07) is 17.2. The van der Waals surface area contributed by atoms with E-state index >= 15 is 0 Å². The molecule has 2 N–H and O–H groups in total. The Morgan fingerprint density at radius 1 is 0.966 bits per heavy atom. The van der Waals surface area contributed by atoms with Crippen molar-refractivity contribution in [2.24, 2.45) is 0 Å². The molecule has 154 valence electrons. The predicted octanol–water partition coefficient (Wildman–Crippen LogP) is 2.99. The SMILES string of the molecule is CN(C)c1ccc(C(=O)N[C@H]2CC[C@@H](NC(=O)CCOc3ccccc3)C2)cc1. The Morgan fingerprint density at radius 2 is 1.62 bits per heavy atom. The van der Waals surface area contributed by atoms with Crippen LogP contribution in [0.1, 0.15) is 36.0 Å². The van der Waals surface area contributed by atoms with Gasteiger partial charge in [-0.1, -0.05) is 18.2 Å². The van der Waals surface area contributed by atoms with Crippen molar-refractivity contribution in [2.75, 3.05) is 25.6 Å². The van der Waals surface area contributed by atoms with Crippen molar-refractivity contribution in [1.82, 2.24) is 10.6 Å². The number of para-hydroxylation sites is 1. The molecule has 1 saturated carbocycles. The van der Waals surface area contributed by atoms with E-state index in [4.69, 9.17) is 4.74 Å². The fraction of sp³-hybridized carbons (Fsp3) is 0.391. The van der Waals surface area contributed by atoms with E-state index in [9.17, 15) is 9.59 Å². The van der Waals surface area contributed by atoms with Gasteiger partial charge in [0.05, 0.1) is 13.0 Å². The maximum atomic E-state index is 12.5. The highest BCUT2D eigenvalue weighted by molar-refractivity contribution is 5.94. The minimum absolute atomic E-state index is 0.0165. The largest absolute Gasteiger partial charge is 0.493 e. The van der Waals surface area contributed by atoms with Gasteiger partial charge in [-0.05, 0) is 55.7 Å². The summed E-state index contributed by atoms with van der Waals surface area (Å²) in [5.41, 5.74) is 1.71. The minimum atomic E-state index is -0.0662. The number of amides is 2. The Hall–Kier alpha value is -3.02. The average Bonchev–Trinajstić information content (AvgIpc) is 3.15. The van der Waals surface area contributed by atoms with Gasteiger partial charge < -0.3 is 20.3 Å². The van der Waals surface area contributed by atoms with Gasteiger partial charge in [0.25, 0.3) is 5.91 Å². The highest BCUT2D eigenvalue weighted by atomic mass is 16.5. The summed E-state index contributed by atoms with van der Waals surface area (Å²) in [5.74, 6) is 0.684. The quantitative estimate of drug-likeness (QED) is 0.721. The van der Waals surface area contributed by atoms with Crippen molar-refractivity contribution in [3.8, 4) is 5.75 Å². The lowest BCUT2D eigenvalue weighted by atomic mass is 10.1. The van der Waals surface area contributed by atoms with Crippen molar-refractivity contribution in [1.29, 1.82) is 0 Å². The van der Waals surface area contributed by atoms with Gasteiger partial charge in [-0.25, -0.2) is 0 Å². The van der Waals surface area contributed by atoms with E-state index < -0.39 is 0 Å². The summed E-state index contributed by atoms with van der Waals surface area (Å²) in [6.45, 7) is 0.353. The van der Waals surface area contributed by atoms with E-state index in [0.717, 1.165) is 30.7 Å². The Morgan fingerprint density at radius 3 is 2.28 bits per heavy atom. The van der Waals surface area contributed by atoms with Crippen LogP contribution >= 0.6 is 0 Å². The number of carbonyl (C=O) groups excluding carboxylic acids is 2. The lowest BCUT2D eigenvalue weighted by Crippen LogP contribution is -2.37. The van der Waals surface area contributed by atoms with Gasteiger partial charge in [-0.2, -0.15) is 0 Å². The molecule has 2 aromatic carbocycles.